The number of methoxy groups -OCH3 is 2. The zero-order valence-corrected chi connectivity index (χ0v) is 19.3. The van der Waals surface area contributed by atoms with Crippen LogP contribution in [0.15, 0.2) is 48.8 Å². The quantitative estimate of drug-likeness (QED) is 0.278. The van der Waals surface area contributed by atoms with Crippen LogP contribution in [0.4, 0.5) is 0 Å². The largest absolute Gasteiger partial charge is 0.493 e. The first-order chi connectivity index (χ1) is 16.6. The Balaban J connectivity index is 1.80. The molecule has 8 heteroatoms. The van der Waals surface area contributed by atoms with Gasteiger partial charge in [-0.3, -0.25) is 14.9 Å². The van der Waals surface area contributed by atoms with Crippen LogP contribution in [0, 0.1) is 0 Å². The van der Waals surface area contributed by atoms with Gasteiger partial charge in [-0.2, -0.15) is 0 Å². The number of H-pyrrole nitrogens is 1. The van der Waals surface area contributed by atoms with Crippen molar-refractivity contribution >= 4 is 44.8 Å². The van der Waals surface area contributed by atoms with Gasteiger partial charge < -0.3 is 24.3 Å². The second kappa shape index (κ2) is 8.72. The molecule has 1 aliphatic heterocycles. The number of carbonyl (C=O) groups is 2. The molecule has 3 heterocycles. The van der Waals surface area contributed by atoms with Gasteiger partial charge in [0.2, 0.25) is 0 Å². The second-order valence-corrected chi connectivity index (χ2v) is 8.17. The molecule has 0 unspecified atom stereocenters. The van der Waals surface area contributed by atoms with Crippen molar-refractivity contribution in [3.05, 3.63) is 59.9 Å². The Hall–Kier alpha value is -4.04. The van der Waals surface area contributed by atoms with Gasteiger partial charge in [0.25, 0.3) is 11.8 Å². The topological polar surface area (TPSA) is 97.4 Å². The summed E-state index contributed by atoms with van der Waals surface area (Å²) in [4.78, 5) is 29.4. The smallest absolute Gasteiger partial charge is 0.259 e. The lowest BCUT2D eigenvalue weighted by molar-refractivity contribution is -0.122. The van der Waals surface area contributed by atoms with Crippen molar-refractivity contribution in [2.24, 2.45) is 0 Å². The molecule has 0 aliphatic carbocycles. The first kappa shape index (κ1) is 21.8. The molecule has 0 fully saturated rings. The van der Waals surface area contributed by atoms with Crippen LogP contribution in [0.1, 0.15) is 17.5 Å². The van der Waals surface area contributed by atoms with Gasteiger partial charge in [0.05, 0.1) is 30.9 Å². The lowest BCUT2D eigenvalue weighted by atomic mass is 9.95. The maximum atomic E-state index is 13.1. The van der Waals surface area contributed by atoms with E-state index in [-0.39, 0.29) is 0 Å². The van der Waals surface area contributed by atoms with Gasteiger partial charge in [-0.25, -0.2) is 0 Å². The molecule has 0 saturated carbocycles. The van der Waals surface area contributed by atoms with E-state index in [9.17, 15) is 9.59 Å². The number of aromatic amines is 1. The zero-order valence-electron chi connectivity index (χ0n) is 19.3. The molecule has 2 amide bonds. The molecule has 0 bridgehead atoms. The number of ether oxygens (including phenoxy) is 2. The fraction of sp³-hybridized carbons (Fsp3) is 0.231. The maximum absolute atomic E-state index is 13.1. The molecule has 5 rings (SSSR count). The number of aromatic nitrogens is 2. The monoisotopic (exact) mass is 458 g/mol. The van der Waals surface area contributed by atoms with E-state index in [1.165, 1.54) is 0 Å². The molecule has 8 nitrogen and oxygen atoms in total. The van der Waals surface area contributed by atoms with Crippen LogP contribution < -0.4 is 20.1 Å². The van der Waals surface area contributed by atoms with E-state index in [1.807, 2.05) is 49.6 Å². The van der Waals surface area contributed by atoms with E-state index in [1.54, 1.807) is 20.4 Å². The number of rotatable bonds is 8. The van der Waals surface area contributed by atoms with Crippen molar-refractivity contribution in [1.82, 2.24) is 20.2 Å². The standard InChI is InChI=1S/C26H26N4O4/c1-27-11-6-12-30-14-18(16-9-10-20(33-2)24(34-3)23(16)30)22-21(25(31)29-26(22)32)17-13-28-19-8-5-4-7-15(17)19/h4-5,7-10,13-14,27-28H,6,11-12H2,1-3H3,(H,29,31,32). The zero-order chi connectivity index (χ0) is 23.8. The van der Waals surface area contributed by atoms with E-state index in [0.717, 1.165) is 34.8 Å². The molecule has 0 saturated heterocycles. The van der Waals surface area contributed by atoms with Gasteiger partial charge in [0.1, 0.15) is 0 Å². The van der Waals surface area contributed by atoms with Gasteiger partial charge in [0.15, 0.2) is 11.5 Å². The van der Waals surface area contributed by atoms with E-state index < -0.39 is 11.8 Å². The second-order valence-electron chi connectivity index (χ2n) is 8.17. The van der Waals surface area contributed by atoms with Crippen LogP contribution >= 0.6 is 0 Å². The summed E-state index contributed by atoms with van der Waals surface area (Å²) in [5, 5.41) is 7.37. The Bertz CT molecular complexity index is 1460. The summed E-state index contributed by atoms with van der Waals surface area (Å²) in [5.41, 5.74) is 3.84. The van der Waals surface area contributed by atoms with Gasteiger partial charge in [-0.05, 0) is 38.2 Å². The molecule has 34 heavy (non-hydrogen) atoms. The molecule has 0 spiro atoms. The number of hydrogen-bond donors (Lipinski definition) is 3. The Morgan fingerprint density at radius 3 is 2.44 bits per heavy atom. The lowest BCUT2D eigenvalue weighted by Gasteiger charge is -2.12. The normalized spacial score (nSPS) is 13.9. The molecule has 0 radical (unpaired) electrons. The molecule has 1 aliphatic rings. The molecule has 3 N–H and O–H groups in total. The minimum atomic E-state index is -0.408. The van der Waals surface area contributed by atoms with Crippen LogP contribution in [-0.4, -0.2) is 49.2 Å². The summed E-state index contributed by atoms with van der Waals surface area (Å²) in [6.07, 6.45) is 4.60. The van der Waals surface area contributed by atoms with Crippen LogP contribution in [0.25, 0.3) is 33.0 Å². The highest BCUT2D eigenvalue weighted by Crippen LogP contribution is 2.43. The molecule has 174 valence electrons. The fourth-order valence-electron chi connectivity index (χ4n) is 4.75. The molecular weight excluding hydrogens is 432 g/mol. The van der Waals surface area contributed by atoms with Crippen LogP contribution in [0.3, 0.4) is 0 Å². The number of imide groups is 1. The number of nitrogens with one attached hydrogen (secondary N) is 3. The van der Waals surface area contributed by atoms with Crippen molar-refractivity contribution in [2.75, 3.05) is 27.8 Å². The highest BCUT2D eigenvalue weighted by molar-refractivity contribution is 6.50. The molecule has 4 aromatic rings. The van der Waals surface area contributed by atoms with E-state index in [0.29, 0.717) is 40.3 Å². The Morgan fingerprint density at radius 1 is 0.941 bits per heavy atom. The summed E-state index contributed by atoms with van der Waals surface area (Å²) < 4.78 is 13.3. The van der Waals surface area contributed by atoms with Crippen LogP contribution in [-0.2, 0) is 16.1 Å². The summed E-state index contributed by atoms with van der Waals surface area (Å²) in [6, 6.07) is 11.5. The van der Waals surface area contributed by atoms with Crippen molar-refractivity contribution in [2.45, 2.75) is 13.0 Å². The summed E-state index contributed by atoms with van der Waals surface area (Å²) in [6.45, 7) is 1.54. The minimum absolute atomic E-state index is 0.360. The fourth-order valence-corrected chi connectivity index (χ4v) is 4.75. The highest BCUT2D eigenvalue weighted by atomic mass is 16.5. The molecular formula is C26H26N4O4. The third-order valence-corrected chi connectivity index (χ3v) is 6.27. The number of aryl methyl sites for hydroxylation is 1. The number of nitrogens with zero attached hydrogens (tertiary/aromatic N) is 1. The van der Waals surface area contributed by atoms with Crippen molar-refractivity contribution in [3.63, 3.8) is 0 Å². The number of benzene rings is 2. The first-order valence-corrected chi connectivity index (χ1v) is 11.1. The summed E-state index contributed by atoms with van der Waals surface area (Å²) in [7, 11) is 5.11. The Kier molecular flexibility index (Phi) is 5.59. The molecule has 2 aromatic carbocycles. The lowest BCUT2D eigenvalue weighted by Crippen LogP contribution is -2.22. The van der Waals surface area contributed by atoms with Crippen molar-refractivity contribution in [3.8, 4) is 11.5 Å². The predicted molar refractivity (Wildman–Crippen MR) is 132 cm³/mol. The van der Waals surface area contributed by atoms with Crippen molar-refractivity contribution < 1.29 is 19.1 Å². The number of amides is 2. The third kappa shape index (κ3) is 3.34. The average Bonchev–Trinajstić information content (AvgIpc) is 3.51. The third-order valence-electron chi connectivity index (χ3n) is 6.27. The van der Waals surface area contributed by atoms with E-state index in [2.05, 4.69) is 20.2 Å². The number of fused-ring (bicyclic) bond motifs is 2. The maximum Gasteiger partial charge on any atom is 0.259 e. The molecule has 0 atom stereocenters. The number of carbonyl (C=O) groups excluding carboxylic acids is 2. The van der Waals surface area contributed by atoms with Crippen LogP contribution in [0.2, 0.25) is 0 Å². The van der Waals surface area contributed by atoms with Gasteiger partial charge in [0, 0.05) is 46.4 Å². The Labute approximate surface area is 196 Å². The van der Waals surface area contributed by atoms with Gasteiger partial charge in [-0.1, -0.05) is 18.2 Å². The summed E-state index contributed by atoms with van der Waals surface area (Å²) in [5.74, 6) is 0.387. The van der Waals surface area contributed by atoms with Gasteiger partial charge in [-0.15, -0.1) is 0 Å². The minimum Gasteiger partial charge on any atom is -0.493 e. The molecule has 2 aromatic heterocycles. The predicted octanol–water partition coefficient (Wildman–Crippen LogP) is 3.32. The number of para-hydroxylation sites is 1. The summed E-state index contributed by atoms with van der Waals surface area (Å²) >= 11 is 0. The number of hydrogen-bond acceptors (Lipinski definition) is 5. The average molecular weight is 459 g/mol. The van der Waals surface area contributed by atoms with Gasteiger partial charge >= 0.3 is 0 Å². The van der Waals surface area contributed by atoms with E-state index >= 15 is 0 Å². The Morgan fingerprint density at radius 2 is 1.71 bits per heavy atom. The SMILES string of the molecule is CNCCCn1cc(C2=C(c3c[nH]c4ccccc34)C(=O)NC2=O)c2ccc(OC)c(OC)c21. The first-order valence-electron chi connectivity index (χ1n) is 11.1. The van der Waals surface area contributed by atoms with Crippen LogP contribution in [0.5, 0.6) is 11.5 Å². The highest BCUT2D eigenvalue weighted by Gasteiger charge is 2.35. The van der Waals surface area contributed by atoms with Crippen molar-refractivity contribution in [1.29, 1.82) is 0 Å². The van der Waals surface area contributed by atoms with E-state index in [4.69, 9.17) is 9.47 Å².